The number of benzene rings is 1. The highest BCUT2D eigenvalue weighted by molar-refractivity contribution is 6.19. The van der Waals surface area contributed by atoms with E-state index in [-0.39, 0.29) is 11.8 Å². The maximum absolute atomic E-state index is 11.6. The Kier molecular flexibility index (Phi) is 4.62. The molecule has 0 spiro atoms. The summed E-state index contributed by atoms with van der Waals surface area (Å²) in [5, 5.41) is 2.81. The number of ether oxygens (including phenoxy) is 1. The van der Waals surface area contributed by atoms with Crippen molar-refractivity contribution in [3.63, 3.8) is 0 Å². The fourth-order valence-electron chi connectivity index (χ4n) is 1.29. The average Bonchev–Trinajstić information content (AvgIpc) is 2.28. The normalized spacial score (nSPS) is 12.0. The molecule has 0 saturated heterocycles. The summed E-state index contributed by atoms with van der Waals surface area (Å²) in [5.74, 6) is 0.869. The van der Waals surface area contributed by atoms with Gasteiger partial charge >= 0.3 is 0 Å². The zero-order chi connectivity index (χ0) is 12.1. The van der Waals surface area contributed by atoms with Crippen LogP contribution in [0.5, 0.6) is 5.75 Å². The van der Waals surface area contributed by atoms with Crippen LogP contribution in [0.4, 0.5) is 5.69 Å². The summed E-state index contributed by atoms with van der Waals surface area (Å²) in [6.07, 6.45) is 0. The Morgan fingerprint density at radius 1 is 1.56 bits per heavy atom. The van der Waals surface area contributed by atoms with Gasteiger partial charge in [-0.05, 0) is 30.7 Å². The quantitative estimate of drug-likeness (QED) is 0.824. The minimum atomic E-state index is -0.191. The summed E-state index contributed by atoms with van der Waals surface area (Å²) < 4.78 is 5.14. The van der Waals surface area contributed by atoms with Gasteiger partial charge in [-0.1, -0.05) is 6.92 Å². The molecule has 1 N–H and O–H groups in total. The zero-order valence-corrected chi connectivity index (χ0v) is 10.5. The van der Waals surface area contributed by atoms with E-state index in [1.165, 1.54) is 0 Å². The van der Waals surface area contributed by atoms with Crippen molar-refractivity contribution in [3.05, 3.63) is 23.8 Å². The monoisotopic (exact) mass is 241 g/mol. The molecule has 1 unspecified atom stereocenters. The van der Waals surface area contributed by atoms with Crippen LogP contribution < -0.4 is 10.1 Å². The van der Waals surface area contributed by atoms with E-state index in [0.29, 0.717) is 5.88 Å². The fourth-order valence-corrected chi connectivity index (χ4v) is 1.43. The van der Waals surface area contributed by atoms with E-state index in [4.69, 9.17) is 16.3 Å². The first-order valence-electron chi connectivity index (χ1n) is 5.10. The number of anilines is 1. The van der Waals surface area contributed by atoms with Crippen molar-refractivity contribution in [1.29, 1.82) is 0 Å². The van der Waals surface area contributed by atoms with E-state index in [0.717, 1.165) is 17.0 Å². The molecule has 0 aliphatic heterocycles. The highest BCUT2D eigenvalue weighted by Gasteiger charge is 2.11. The fraction of sp³-hybridized carbons (Fsp3) is 0.417. The summed E-state index contributed by atoms with van der Waals surface area (Å²) in [7, 11) is 1.62. The summed E-state index contributed by atoms with van der Waals surface area (Å²) in [5.41, 5.74) is 1.75. The van der Waals surface area contributed by atoms with E-state index in [2.05, 4.69) is 5.32 Å². The first-order chi connectivity index (χ1) is 7.58. The third kappa shape index (κ3) is 3.14. The number of hydrogen-bond donors (Lipinski definition) is 1. The minimum Gasteiger partial charge on any atom is -0.496 e. The third-order valence-electron chi connectivity index (χ3n) is 2.34. The number of amides is 1. The van der Waals surface area contributed by atoms with Crippen molar-refractivity contribution in [2.45, 2.75) is 13.8 Å². The van der Waals surface area contributed by atoms with Crippen LogP contribution >= 0.6 is 11.6 Å². The number of carbonyl (C=O) groups is 1. The van der Waals surface area contributed by atoms with Crippen LogP contribution in [0.3, 0.4) is 0 Å². The van der Waals surface area contributed by atoms with Crippen LogP contribution in [0.15, 0.2) is 18.2 Å². The van der Waals surface area contributed by atoms with Crippen LogP contribution in [-0.4, -0.2) is 18.9 Å². The van der Waals surface area contributed by atoms with Crippen molar-refractivity contribution in [2.24, 2.45) is 5.92 Å². The van der Waals surface area contributed by atoms with Crippen molar-refractivity contribution < 1.29 is 9.53 Å². The van der Waals surface area contributed by atoms with Gasteiger partial charge in [0.25, 0.3) is 0 Å². The molecule has 1 atom stereocenters. The number of carbonyl (C=O) groups excluding carboxylic acids is 1. The standard InChI is InChI=1S/C12H16ClNO2/c1-8-6-10(4-5-11(8)16-3)14-12(15)9(2)7-13/h4-6,9H,7H2,1-3H3,(H,14,15). The topological polar surface area (TPSA) is 38.3 Å². The SMILES string of the molecule is COc1ccc(NC(=O)C(C)CCl)cc1C. The molecule has 0 bridgehead atoms. The Labute approximate surface area is 101 Å². The first kappa shape index (κ1) is 12.8. The van der Waals surface area contributed by atoms with E-state index >= 15 is 0 Å². The van der Waals surface area contributed by atoms with Crippen molar-refractivity contribution in [3.8, 4) is 5.75 Å². The summed E-state index contributed by atoms with van der Waals surface area (Å²) >= 11 is 5.61. The van der Waals surface area contributed by atoms with Gasteiger partial charge in [0.05, 0.1) is 7.11 Å². The average molecular weight is 242 g/mol. The number of rotatable bonds is 4. The molecule has 0 aromatic heterocycles. The lowest BCUT2D eigenvalue weighted by Gasteiger charge is -2.11. The molecule has 0 saturated carbocycles. The molecule has 1 amide bonds. The van der Waals surface area contributed by atoms with E-state index in [1.807, 2.05) is 25.1 Å². The van der Waals surface area contributed by atoms with Gasteiger partial charge < -0.3 is 10.1 Å². The molecule has 0 heterocycles. The van der Waals surface area contributed by atoms with Gasteiger partial charge in [-0.15, -0.1) is 11.6 Å². The van der Waals surface area contributed by atoms with Crippen molar-refractivity contribution >= 4 is 23.2 Å². The van der Waals surface area contributed by atoms with E-state index in [9.17, 15) is 4.79 Å². The number of methoxy groups -OCH3 is 1. The second-order valence-electron chi connectivity index (χ2n) is 3.73. The first-order valence-corrected chi connectivity index (χ1v) is 5.63. The van der Waals surface area contributed by atoms with E-state index in [1.54, 1.807) is 14.0 Å². The second kappa shape index (κ2) is 5.75. The zero-order valence-electron chi connectivity index (χ0n) is 9.71. The molecular formula is C12H16ClNO2. The van der Waals surface area contributed by atoms with Gasteiger partial charge in [0.15, 0.2) is 0 Å². The Balaban J connectivity index is 2.75. The molecule has 16 heavy (non-hydrogen) atoms. The molecule has 1 rings (SSSR count). The smallest absolute Gasteiger partial charge is 0.228 e. The van der Waals surface area contributed by atoms with Gasteiger partial charge in [0.2, 0.25) is 5.91 Å². The maximum atomic E-state index is 11.6. The molecule has 88 valence electrons. The number of aryl methyl sites for hydroxylation is 1. The van der Waals surface area contributed by atoms with Crippen LogP contribution in [0.2, 0.25) is 0 Å². The summed E-state index contributed by atoms with van der Waals surface area (Å²) in [6.45, 7) is 3.72. The largest absolute Gasteiger partial charge is 0.496 e. The Morgan fingerprint density at radius 2 is 2.25 bits per heavy atom. The highest BCUT2D eigenvalue weighted by atomic mass is 35.5. The molecular weight excluding hydrogens is 226 g/mol. The lowest BCUT2D eigenvalue weighted by Crippen LogP contribution is -2.21. The number of hydrogen-bond acceptors (Lipinski definition) is 2. The number of nitrogens with one attached hydrogen (secondary N) is 1. The number of halogens is 1. The van der Waals surface area contributed by atoms with Crippen LogP contribution in [0.1, 0.15) is 12.5 Å². The molecule has 0 aliphatic rings. The summed E-state index contributed by atoms with van der Waals surface area (Å²) in [6, 6.07) is 5.51. The minimum absolute atomic E-state index is 0.0698. The summed E-state index contributed by atoms with van der Waals surface area (Å²) in [4.78, 5) is 11.6. The predicted molar refractivity (Wildman–Crippen MR) is 66.2 cm³/mol. The van der Waals surface area contributed by atoms with E-state index < -0.39 is 0 Å². The molecule has 3 nitrogen and oxygen atoms in total. The highest BCUT2D eigenvalue weighted by Crippen LogP contribution is 2.21. The number of alkyl halides is 1. The Bertz CT molecular complexity index is 379. The van der Waals surface area contributed by atoms with Gasteiger partial charge in [-0.3, -0.25) is 4.79 Å². The molecule has 0 fully saturated rings. The second-order valence-corrected chi connectivity index (χ2v) is 4.04. The predicted octanol–water partition coefficient (Wildman–Crippen LogP) is 2.82. The third-order valence-corrected chi connectivity index (χ3v) is 2.80. The van der Waals surface area contributed by atoms with Gasteiger partial charge in [0.1, 0.15) is 5.75 Å². The molecule has 0 radical (unpaired) electrons. The molecule has 4 heteroatoms. The Hall–Kier alpha value is -1.22. The van der Waals surface area contributed by atoms with Crippen molar-refractivity contribution in [2.75, 3.05) is 18.3 Å². The molecule has 1 aromatic carbocycles. The van der Waals surface area contributed by atoms with Crippen molar-refractivity contribution in [1.82, 2.24) is 0 Å². The van der Waals surface area contributed by atoms with Crippen LogP contribution in [-0.2, 0) is 4.79 Å². The van der Waals surface area contributed by atoms with Crippen LogP contribution in [0.25, 0.3) is 0 Å². The maximum Gasteiger partial charge on any atom is 0.228 e. The molecule has 1 aromatic rings. The lowest BCUT2D eigenvalue weighted by atomic mass is 10.1. The van der Waals surface area contributed by atoms with Gasteiger partial charge in [0, 0.05) is 17.5 Å². The van der Waals surface area contributed by atoms with Gasteiger partial charge in [-0.25, -0.2) is 0 Å². The lowest BCUT2D eigenvalue weighted by molar-refractivity contribution is -0.118. The van der Waals surface area contributed by atoms with Crippen LogP contribution in [0, 0.1) is 12.8 Å². The Morgan fingerprint density at radius 3 is 2.75 bits per heavy atom. The molecule has 0 aliphatic carbocycles. The van der Waals surface area contributed by atoms with Gasteiger partial charge in [-0.2, -0.15) is 0 Å².